The molecule has 22 heavy (non-hydrogen) atoms. The first kappa shape index (κ1) is 18.0. The van der Waals surface area contributed by atoms with Crippen molar-refractivity contribution < 1.29 is 14.3 Å². The summed E-state index contributed by atoms with van der Waals surface area (Å²) < 4.78 is 5.11. The minimum Gasteiger partial charge on any atom is -0.497 e. The van der Waals surface area contributed by atoms with Gasteiger partial charge in [0.1, 0.15) is 5.75 Å². The van der Waals surface area contributed by atoms with Crippen LogP contribution in [0.5, 0.6) is 5.75 Å². The Labute approximate surface area is 132 Å². The molecule has 0 fully saturated rings. The zero-order valence-corrected chi connectivity index (χ0v) is 13.9. The second-order valence-electron chi connectivity index (χ2n) is 5.42. The van der Waals surface area contributed by atoms with Gasteiger partial charge in [-0.1, -0.05) is 19.1 Å². The molecule has 5 nitrogen and oxygen atoms in total. The lowest BCUT2D eigenvalue weighted by Crippen LogP contribution is -2.36. The molecular weight excluding hydrogens is 280 g/mol. The Bertz CT molecular complexity index is 485. The van der Waals surface area contributed by atoms with Crippen LogP contribution < -0.4 is 10.1 Å². The van der Waals surface area contributed by atoms with Crippen molar-refractivity contribution in [3.05, 3.63) is 29.8 Å². The van der Waals surface area contributed by atoms with Crippen molar-refractivity contribution in [2.45, 2.75) is 46.2 Å². The number of hydrogen-bond acceptors (Lipinski definition) is 3. The number of methoxy groups -OCH3 is 1. The molecule has 5 heteroatoms. The smallest absolute Gasteiger partial charge is 0.221 e. The van der Waals surface area contributed by atoms with Crippen molar-refractivity contribution in [1.29, 1.82) is 0 Å². The van der Waals surface area contributed by atoms with Crippen LogP contribution >= 0.6 is 0 Å². The van der Waals surface area contributed by atoms with Gasteiger partial charge in [0.05, 0.1) is 7.11 Å². The summed E-state index contributed by atoms with van der Waals surface area (Å²) in [5.41, 5.74) is 1.01. The van der Waals surface area contributed by atoms with Gasteiger partial charge in [-0.15, -0.1) is 0 Å². The summed E-state index contributed by atoms with van der Waals surface area (Å²) in [7, 11) is 1.62. The molecule has 0 aliphatic heterocycles. The maximum Gasteiger partial charge on any atom is 0.221 e. The summed E-state index contributed by atoms with van der Waals surface area (Å²) in [6.07, 6.45) is 1.22. The average Bonchev–Trinajstić information content (AvgIpc) is 2.51. The van der Waals surface area contributed by atoms with Crippen LogP contribution in [-0.4, -0.2) is 36.4 Å². The molecule has 1 rings (SSSR count). The van der Waals surface area contributed by atoms with Crippen LogP contribution in [0.4, 0.5) is 0 Å². The third-order valence-corrected chi connectivity index (χ3v) is 3.61. The van der Waals surface area contributed by atoms with E-state index < -0.39 is 0 Å². The molecule has 1 aromatic carbocycles. The quantitative estimate of drug-likeness (QED) is 0.802. The predicted molar refractivity (Wildman–Crippen MR) is 86.6 cm³/mol. The summed E-state index contributed by atoms with van der Waals surface area (Å²) >= 11 is 0. The monoisotopic (exact) mass is 306 g/mol. The molecule has 1 unspecified atom stereocenters. The molecule has 0 radical (unpaired) electrons. The van der Waals surface area contributed by atoms with E-state index in [0.717, 1.165) is 17.7 Å². The summed E-state index contributed by atoms with van der Waals surface area (Å²) in [6, 6.07) is 7.74. The van der Waals surface area contributed by atoms with E-state index in [4.69, 9.17) is 4.74 Å². The van der Waals surface area contributed by atoms with Gasteiger partial charge in [0.25, 0.3) is 0 Å². The molecule has 1 atom stereocenters. The topological polar surface area (TPSA) is 58.6 Å². The highest BCUT2D eigenvalue weighted by Gasteiger charge is 2.13. The fraction of sp³-hybridized carbons (Fsp3) is 0.529. The molecule has 0 heterocycles. The van der Waals surface area contributed by atoms with Crippen LogP contribution in [-0.2, 0) is 16.1 Å². The minimum absolute atomic E-state index is 0.0182. The van der Waals surface area contributed by atoms with Gasteiger partial charge in [0.2, 0.25) is 11.8 Å². The number of benzene rings is 1. The van der Waals surface area contributed by atoms with Gasteiger partial charge < -0.3 is 15.0 Å². The van der Waals surface area contributed by atoms with E-state index in [2.05, 4.69) is 5.32 Å². The van der Waals surface area contributed by atoms with Gasteiger partial charge in [-0.05, 0) is 31.0 Å². The molecule has 122 valence electrons. The Morgan fingerprint density at radius 3 is 2.41 bits per heavy atom. The van der Waals surface area contributed by atoms with E-state index in [0.29, 0.717) is 19.5 Å². The van der Waals surface area contributed by atoms with Crippen molar-refractivity contribution in [1.82, 2.24) is 10.2 Å². The van der Waals surface area contributed by atoms with E-state index in [1.807, 2.05) is 38.1 Å². The van der Waals surface area contributed by atoms with Crippen LogP contribution in [0, 0.1) is 0 Å². The van der Waals surface area contributed by atoms with Gasteiger partial charge in [-0.3, -0.25) is 9.59 Å². The average molecular weight is 306 g/mol. The fourth-order valence-electron chi connectivity index (χ4n) is 1.98. The summed E-state index contributed by atoms with van der Waals surface area (Å²) in [6.45, 7) is 6.43. The first-order valence-electron chi connectivity index (χ1n) is 7.64. The summed E-state index contributed by atoms with van der Waals surface area (Å²) in [5, 5.41) is 2.91. The van der Waals surface area contributed by atoms with Crippen molar-refractivity contribution in [2.24, 2.45) is 0 Å². The normalized spacial score (nSPS) is 11.6. The third kappa shape index (κ3) is 6.16. The molecule has 0 aliphatic carbocycles. The second-order valence-corrected chi connectivity index (χ2v) is 5.42. The van der Waals surface area contributed by atoms with Crippen molar-refractivity contribution in [2.75, 3.05) is 13.7 Å². The molecule has 1 aromatic rings. The lowest BCUT2D eigenvalue weighted by atomic mass is 10.2. The number of rotatable bonds is 8. The van der Waals surface area contributed by atoms with Crippen LogP contribution in [0.15, 0.2) is 24.3 Å². The van der Waals surface area contributed by atoms with E-state index in [1.54, 1.807) is 12.0 Å². The molecule has 0 aromatic heterocycles. The van der Waals surface area contributed by atoms with Crippen LogP contribution in [0.3, 0.4) is 0 Å². The lowest BCUT2D eigenvalue weighted by molar-refractivity contribution is -0.130. The van der Waals surface area contributed by atoms with Crippen molar-refractivity contribution in [3.8, 4) is 5.75 Å². The molecule has 0 bridgehead atoms. The van der Waals surface area contributed by atoms with E-state index >= 15 is 0 Å². The first-order chi connectivity index (χ1) is 10.5. The third-order valence-electron chi connectivity index (χ3n) is 3.61. The maximum atomic E-state index is 11.8. The van der Waals surface area contributed by atoms with Crippen LogP contribution in [0.2, 0.25) is 0 Å². The van der Waals surface area contributed by atoms with Crippen LogP contribution in [0.1, 0.15) is 39.2 Å². The number of carbonyl (C=O) groups excluding carboxylic acids is 2. The summed E-state index contributed by atoms with van der Waals surface area (Å²) in [4.78, 5) is 25.2. The highest BCUT2D eigenvalue weighted by atomic mass is 16.5. The number of nitrogens with one attached hydrogen (secondary N) is 1. The van der Waals surface area contributed by atoms with E-state index in [9.17, 15) is 9.59 Å². The number of hydrogen-bond donors (Lipinski definition) is 1. The Balaban J connectivity index is 2.54. The Morgan fingerprint density at radius 2 is 1.91 bits per heavy atom. The molecular formula is C17H26N2O3. The highest BCUT2D eigenvalue weighted by molar-refractivity contribution is 5.78. The van der Waals surface area contributed by atoms with E-state index in [-0.39, 0.29) is 17.9 Å². The first-order valence-corrected chi connectivity index (χ1v) is 7.64. The number of amides is 2. The Morgan fingerprint density at radius 1 is 1.27 bits per heavy atom. The number of carbonyl (C=O) groups is 2. The zero-order chi connectivity index (χ0) is 16.5. The predicted octanol–water partition coefficient (Wildman–Crippen LogP) is 2.35. The number of nitrogens with zero attached hydrogens (tertiary/aromatic N) is 1. The molecule has 1 N–H and O–H groups in total. The molecule has 0 saturated heterocycles. The Kier molecular flexibility index (Phi) is 7.43. The molecule has 0 aliphatic rings. The lowest BCUT2D eigenvalue weighted by Gasteiger charge is -2.21. The standard InChI is InChI=1S/C17H26N2O3/c1-5-13(2)18-17(21)10-11-19(14(3)20)12-15-6-8-16(22-4)9-7-15/h6-9,13H,5,10-12H2,1-4H3,(H,18,21). The Hall–Kier alpha value is -2.04. The van der Waals surface area contributed by atoms with Crippen molar-refractivity contribution in [3.63, 3.8) is 0 Å². The summed E-state index contributed by atoms with van der Waals surface area (Å²) in [5.74, 6) is 0.730. The molecule has 2 amide bonds. The van der Waals surface area contributed by atoms with Gasteiger partial charge in [-0.25, -0.2) is 0 Å². The number of ether oxygens (including phenoxy) is 1. The zero-order valence-electron chi connectivity index (χ0n) is 13.9. The molecule has 0 saturated carbocycles. The van der Waals surface area contributed by atoms with E-state index in [1.165, 1.54) is 6.92 Å². The fourth-order valence-corrected chi connectivity index (χ4v) is 1.98. The van der Waals surface area contributed by atoms with Crippen LogP contribution in [0.25, 0.3) is 0 Å². The maximum absolute atomic E-state index is 11.8. The minimum atomic E-state index is -0.0350. The van der Waals surface area contributed by atoms with Gasteiger partial charge in [0.15, 0.2) is 0 Å². The SMILES string of the molecule is CCC(C)NC(=O)CCN(Cc1ccc(OC)cc1)C(C)=O. The van der Waals surface area contributed by atoms with Gasteiger partial charge >= 0.3 is 0 Å². The highest BCUT2D eigenvalue weighted by Crippen LogP contribution is 2.13. The van der Waals surface area contributed by atoms with Gasteiger partial charge in [0, 0.05) is 32.5 Å². The van der Waals surface area contributed by atoms with Crippen molar-refractivity contribution >= 4 is 11.8 Å². The van der Waals surface area contributed by atoms with Gasteiger partial charge in [-0.2, -0.15) is 0 Å². The second kappa shape index (κ2) is 9.07. The largest absolute Gasteiger partial charge is 0.497 e. The molecule has 0 spiro atoms.